The first-order chi connectivity index (χ1) is 15.2. The Morgan fingerprint density at radius 2 is 1.56 bits per heavy atom. The molecule has 0 saturated carbocycles. The summed E-state index contributed by atoms with van der Waals surface area (Å²) in [5, 5.41) is 13.6. The largest absolute Gasteiger partial charge is 0.323 e. The van der Waals surface area contributed by atoms with Crippen molar-refractivity contribution in [2.24, 2.45) is 0 Å². The van der Waals surface area contributed by atoms with Crippen molar-refractivity contribution < 1.29 is 18.1 Å². The molecule has 0 radical (unpaired) electrons. The first-order valence-corrected chi connectivity index (χ1v) is 11.1. The van der Waals surface area contributed by atoms with Crippen LogP contribution in [0.25, 0.3) is 6.08 Å². The van der Waals surface area contributed by atoms with Gasteiger partial charge in [0.1, 0.15) is 0 Å². The first-order valence-electron chi connectivity index (χ1n) is 9.59. The molecule has 0 atom stereocenters. The standard InChI is InChI=1S/C23H21N3O5S/c1-16-6-5-7-17(2)23(16)25-32(30,31)20-13-11-19(12-14-20)24-22(27)15-10-18-8-3-4-9-21(18)26(28)29/h3-15,25H,1-2H3,(H,24,27)/b15-10+. The predicted octanol–water partition coefficient (Wildman–Crippen LogP) is 4.66. The summed E-state index contributed by atoms with van der Waals surface area (Å²) in [6.07, 6.45) is 2.52. The Labute approximate surface area is 185 Å². The van der Waals surface area contributed by atoms with Gasteiger partial charge in [-0.25, -0.2) is 8.42 Å². The molecular weight excluding hydrogens is 430 g/mol. The van der Waals surface area contributed by atoms with Crippen LogP contribution < -0.4 is 10.0 Å². The number of nitrogens with one attached hydrogen (secondary N) is 2. The number of rotatable bonds is 7. The smallest absolute Gasteiger partial charge is 0.276 e. The molecule has 0 aromatic heterocycles. The SMILES string of the molecule is Cc1cccc(C)c1NS(=O)(=O)c1ccc(NC(=O)/C=C/c2ccccc2[N+](=O)[O-])cc1. The van der Waals surface area contributed by atoms with Crippen LogP contribution in [0.4, 0.5) is 17.1 Å². The second-order valence-electron chi connectivity index (χ2n) is 7.04. The molecule has 9 heteroatoms. The molecule has 0 spiro atoms. The van der Waals surface area contributed by atoms with Gasteiger partial charge in [0.2, 0.25) is 5.91 Å². The second-order valence-corrected chi connectivity index (χ2v) is 8.72. The highest BCUT2D eigenvalue weighted by Gasteiger charge is 2.16. The molecule has 32 heavy (non-hydrogen) atoms. The lowest BCUT2D eigenvalue weighted by Crippen LogP contribution is -2.15. The van der Waals surface area contributed by atoms with E-state index in [2.05, 4.69) is 10.0 Å². The predicted molar refractivity (Wildman–Crippen MR) is 124 cm³/mol. The lowest BCUT2D eigenvalue weighted by Gasteiger charge is -2.13. The van der Waals surface area contributed by atoms with Crippen LogP contribution in [0.2, 0.25) is 0 Å². The van der Waals surface area contributed by atoms with Gasteiger partial charge in [-0.2, -0.15) is 0 Å². The van der Waals surface area contributed by atoms with Crippen LogP contribution in [0.3, 0.4) is 0 Å². The highest BCUT2D eigenvalue weighted by molar-refractivity contribution is 7.92. The van der Waals surface area contributed by atoms with Crippen LogP contribution in [-0.2, 0) is 14.8 Å². The van der Waals surface area contributed by atoms with Gasteiger partial charge in [0.25, 0.3) is 15.7 Å². The van der Waals surface area contributed by atoms with E-state index in [0.29, 0.717) is 16.9 Å². The fourth-order valence-corrected chi connectivity index (χ4v) is 4.23. The van der Waals surface area contributed by atoms with Crippen LogP contribution in [-0.4, -0.2) is 19.2 Å². The van der Waals surface area contributed by atoms with E-state index in [9.17, 15) is 23.3 Å². The van der Waals surface area contributed by atoms with Gasteiger partial charge in [0.05, 0.1) is 21.1 Å². The van der Waals surface area contributed by atoms with Gasteiger partial charge in [0, 0.05) is 17.8 Å². The lowest BCUT2D eigenvalue weighted by molar-refractivity contribution is -0.385. The Hall–Kier alpha value is -3.98. The van der Waals surface area contributed by atoms with Crippen LogP contribution in [0.15, 0.2) is 77.7 Å². The Morgan fingerprint density at radius 3 is 2.19 bits per heavy atom. The number of amides is 1. The summed E-state index contributed by atoms with van der Waals surface area (Å²) in [5.74, 6) is -0.507. The number of sulfonamides is 1. The summed E-state index contributed by atoms with van der Waals surface area (Å²) in [7, 11) is -3.80. The Kier molecular flexibility index (Phi) is 6.70. The molecule has 0 heterocycles. The zero-order chi connectivity index (χ0) is 23.3. The number of carbonyl (C=O) groups is 1. The summed E-state index contributed by atoms with van der Waals surface area (Å²) in [6.45, 7) is 3.64. The maximum atomic E-state index is 12.7. The quantitative estimate of drug-likeness (QED) is 0.308. The molecule has 0 bridgehead atoms. The molecule has 8 nitrogen and oxygen atoms in total. The lowest BCUT2D eigenvalue weighted by atomic mass is 10.1. The van der Waals surface area contributed by atoms with Crippen molar-refractivity contribution in [3.8, 4) is 0 Å². The fourth-order valence-electron chi connectivity index (χ4n) is 3.03. The zero-order valence-corrected chi connectivity index (χ0v) is 18.2. The highest BCUT2D eigenvalue weighted by Crippen LogP contribution is 2.24. The summed E-state index contributed by atoms with van der Waals surface area (Å²) in [4.78, 5) is 22.7. The Bertz CT molecular complexity index is 1280. The van der Waals surface area contributed by atoms with E-state index in [0.717, 1.165) is 11.1 Å². The minimum Gasteiger partial charge on any atom is -0.323 e. The monoisotopic (exact) mass is 451 g/mol. The van der Waals surface area contributed by atoms with Crippen molar-refractivity contribution in [2.75, 3.05) is 10.0 Å². The molecule has 0 unspecified atom stereocenters. The topological polar surface area (TPSA) is 118 Å². The van der Waals surface area contributed by atoms with Crippen LogP contribution in [0.5, 0.6) is 0 Å². The summed E-state index contributed by atoms with van der Waals surface area (Å²) < 4.78 is 28.0. The molecule has 3 aromatic rings. The molecule has 0 saturated heterocycles. The number of benzene rings is 3. The van der Waals surface area contributed by atoms with E-state index in [1.807, 2.05) is 32.0 Å². The average molecular weight is 452 g/mol. The number of hydrogen-bond acceptors (Lipinski definition) is 5. The van der Waals surface area contributed by atoms with Crippen molar-refractivity contribution in [3.63, 3.8) is 0 Å². The van der Waals surface area contributed by atoms with Gasteiger partial charge in [-0.3, -0.25) is 19.6 Å². The second kappa shape index (κ2) is 9.44. The van der Waals surface area contributed by atoms with Crippen LogP contribution in [0.1, 0.15) is 16.7 Å². The van der Waals surface area contributed by atoms with E-state index in [1.54, 1.807) is 12.1 Å². The number of para-hydroxylation sites is 2. The van der Waals surface area contributed by atoms with Crippen LogP contribution in [0, 0.1) is 24.0 Å². The van der Waals surface area contributed by atoms with E-state index in [4.69, 9.17) is 0 Å². The minimum absolute atomic E-state index is 0.0496. The number of nitrogens with zero attached hydrogens (tertiary/aromatic N) is 1. The molecule has 164 valence electrons. The molecule has 3 rings (SSSR count). The minimum atomic E-state index is -3.80. The Balaban J connectivity index is 1.70. The first kappa shape index (κ1) is 22.7. The van der Waals surface area contributed by atoms with Crippen molar-refractivity contribution >= 4 is 39.1 Å². The number of hydrogen-bond donors (Lipinski definition) is 2. The van der Waals surface area contributed by atoms with E-state index in [1.165, 1.54) is 48.6 Å². The molecule has 0 fully saturated rings. The third-order valence-electron chi connectivity index (χ3n) is 4.70. The molecule has 2 N–H and O–H groups in total. The summed E-state index contributed by atoms with van der Waals surface area (Å²) in [6, 6.07) is 17.3. The van der Waals surface area contributed by atoms with Crippen molar-refractivity contribution in [1.29, 1.82) is 0 Å². The summed E-state index contributed by atoms with van der Waals surface area (Å²) >= 11 is 0. The Morgan fingerprint density at radius 1 is 0.938 bits per heavy atom. The zero-order valence-electron chi connectivity index (χ0n) is 17.4. The van der Waals surface area contributed by atoms with E-state index >= 15 is 0 Å². The van der Waals surface area contributed by atoms with E-state index < -0.39 is 20.9 Å². The number of carbonyl (C=O) groups excluding carboxylic acids is 1. The number of anilines is 2. The molecule has 1 amide bonds. The van der Waals surface area contributed by atoms with Gasteiger partial charge >= 0.3 is 0 Å². The maximum Gasteiger partial charge on any atom is 0.276 e. The summed E-state index contributed by atoms with van der Waals surface area (Å²) in [5.41, 5.74) is 2.72. The molecule has 0 aliphatic heterocycles. The maximum absolute atomic E-state index is 12.7. The van der Waals surface area contributed by atoms with Crippen molar-refractivity contribution in [3.05, 3.63) is 99.6 Å². The van der Waals surface area contributed by atoms with Crippen molar-refractivity contribution in [2.45, 2.75) is 18.7 Å². The van der Waals surface area contributed by atoms with Gasteiger partial charge in [0.15, 0.2) is 0 Å². The highest BCUT2D eigenvalue weighted by atomic mass is 32.2. The van der Waals surface area contributed by atoms with Gasteiger partial charge in [-0.15, -0.1) is 0 Å². The average Bonchev–Trinajstić information content (AvgIpc) is 2.75. The number of aryl methyl sites for hydroxylation is 2. The van der Waals surface area contributed by atoms with Gasteiger partial charge in [-0.05, 0) is 61.4 Å². The molecular formula is C23H21N3O5S. The number of nitro groups is 1. The third-order valence-corrected chi connectivity index (χ3v) is 6.06. The molecule has 3 aromatic carbocycles. The third kappa shape index (κ3) is 5.38. The van der Waals surface area contributed by atoms with Crippen LogP contribution >= 0.6 is 0 Å². The van der Waals surface area contributed by atoms with Crippen molar-refractivity contribution in [1.82, 2.24) is 0 Å². The molecule has 0 aliphatic carbocycles. The number of nitro benzene ring substituents is 1. The van der Waals surface area contributed by atoms with Gasteiger partial charge < -0.3 is 5.32 Å². The van der Waals surface area contributed by atoms with Gasteiger partial charge in [-0.1, -0.05) is 30.3 Å². The normalized spacial score (nSPS) is 11.3. The van der Waals surface area contributed by atoms with E-state index in [-0.39, 0.29) is 10.6 Å². The fraction of sp³-hybridized carbons (Fsp3) is 0.0870. The molecule has 0 aliphatic rings.